The molecule has 0 amide bonds. The third-order valence-corrected chi connectivity index (χ3v) is 4.97. The summed E-state index contributed by atoms with van der Waals surface area (Å²) in [4.78, 5) is 6.23. The van der Waals surface area contributed by atoms with Gasteiger partial charge in [0.25, 0.3) is 0 Å². The molecule has 0 bridgehead atoms. The lowest BCUT2D eigenvalue weighted by Gasteiger charge is -2.05. The number of ether oxygens (including phenoxy) is 1. The number of hydrogen-bond acceptors (Lipinski definition) is 4. The van der Waals surface area contributed by atoms with E-state index in [1.54, 1.807) is 0 Å². The first-order valence-electron chi connectivity index (χ1n) is 7.35. The maximum Gasteiger partial charge on any atom is 0.123 e. The summed E-state index contributed by atoms with van der Waals surface area (Å²) in [7, 11) is 0. The fourth-order valence-corrected chi connectivity index (χ4v) is 3.59. The van der Waals surface area contributed by atoms with E-state index >= 15 is 0 Å². The highest BCUT2D eigenvalue weighted by Gasteiger charge is 2.14. The average Bonchev–Trinajstić information content (AvgIpc) is 2.79. The van der Waals surface area contributed by atoms with E-state index in [9.17, 15) is 0 Å². The minimum Gasteiger partial charge on any atom is -0.494 e. The highest BCUT2D eigenvalue weighted by molar-refractivity contribution is 7.15. The quantitative estimate of drug-likeness (QED) is 0.675. The van der Waals surface area contributed by atoms with Gasteiger partial charge in [0.15, 0.2) is 0 Å². The van der Waals surface area contributed by atoms with Crippen molar-refractivity contribution in [2.24, 2.45) is 0 Å². The van der Waals surface area contributed by atoms with Crippen LogP contribution >= 0.6 is 22.9 Å². The van der Waals surface area contributed by atoms with Gasteiger partial charge < -0.3 is 10.1 Å². The van der Waals surface area contributed by atoms with Crippen molar-refractivity contribution in [2.75, 3.05) is 25.6 Å². The third kappa shape index (κ3) is 3.76. The number of fused-ring (bicyclic) bond motifs is 1. The average molecular weight is 323 g/mol. The van der Waals surface area contributed by atoms with E-state index in [0.717, 1.165) is 43.1 Å². The zero-order chi connectivity index (χ0) is 14.5. The molecular formula is C16H19ClN2OS. The van der Waals surface area contributed by atoms with E-state index in [0.29, 0.717) is 12.5 Å². The molecule has 0 atom stereocenters. The van der Waals surface area contributed by atoms with Gasteiger partial charge in [0.05, 0.1) is 12.3 Å². The first-order valence-corrected chi connectivity index (χ1v) is 8.70. The van der Waals surface area contributed by atoms with E-state index in [1.165, 1.54) is 16.1 Å². The zero-order valence-electron chi connectivity index (χ0n) is 11.9. The van der Waals surface area contributed by atoms with Gasteiger partial charge in [0.2, 0.25) is 0 Å². The van der Waals surface area contributed by atoms with Crippen molar-refractivity contribution in [1.82, 2.24) is 10.3 Å². The summed E-state index contributed by atoms with van der Waals surface area (Å²) in [5, 5.41) is 4.53. The predicted molar refractivity (Wildman–Crippen MR) is 88.7 cm³/mol. The van der Waals surface area contributed by atoms with Gasteiger partial charge in [-0.3, -0.25) is 0 Å². The summed E-state index contributed by atoms with van der Waals surface area (Å²) in [6.45, 7) is 2.76. The molecule has 1 N–H and O–H groups in total. The first-order chi connectivity index (χ1) is 10.4. The molecule has 2 aromatic rings. The van der Waals surface area contributed by atoms with Crippen molar-refractivity contribution in [3.63, 3.8) is 0 Å². The lowest BCUT2D eigenvalue weighted by molar-refractivity contribution is 0.318. The molecule has 1 aromatic carbocycles. The van der Waals surface area contributed by atoms with Crippen molar-refractivity contribution in [1.29, 1.82) is 0 Å². The molecule has 0 fully saturated rings. The molecule has 0 unspecified atom stereocenters. The number of rotatable bonds is 5. The van der Waals surface area contributed by atoms with Crippen molar-refractivity contribution < 1.29 is 4.74 Å². The summed E-state index contributed by atoms with van der Waals surface area (Å²) < 4.78 is 5.63. The van der Waals surface area contributed by atoms with Gasteiger partial charge in [0.1, 0.15) is 10.8 Å². The Morgan fingerprint density at radius 2 is 2.00 bits per heavy atom. The lowest BCUT2D eigenvalue weighted by atomic mass is 10.2. The maximum atomic E-state index is 5.64. The van der Waals surface area contributed by atoms with Gasteiger partial charge in [-0.05, 0) is 37.1 Å². The molecule has 0 saturated heterocycles. The van der Waals surface area contributed by atoms with Crippen LogP contribution in [0.25, 0.3) is 10.6 Å². The topological polar surface area (TPSA) is 34.1 Å². The molecule has 5 heteroatoms. The van der Waals surface area contributed by atoms with Gasteiger partial charge >= 0.3 is 0 Å². The third-order valence-electron chi connectivity index (χ3n) is 3.49. The number of aromatic nitrogens is 1. The number of benzene rings is 1. The van der Waals surface area contributed by atoms with E-state index in [1.807, 2.05) is 23.5 Å². The second kappa shape index (κ2) is 7.25. The van der Waals surface area contributed by atoms with Crippen LogP contribution in [0.1, 0.15) is 17.0 Å². The second-order valence-corrected chi connectivity index (χ2v) is 6.52. The highest BCUT2D eigenvalue weighted by atomic mass is 35.5. The summed E-state index contributed by atoms with van der Waals surface area (Å²) >= 11 is 7.46. The highest BCUT2D eigenvalue weighted by Crippen LogP contribution is 2.30. The SMILES string of the molecule is ClCCCOc1ccc(-c2nc3c(s2)CCNCC3)cc1. The summed E-state index contributed by atoms with van der Waals surface area (Å²) in [5.41, 5.74) is 2.44. The molecule has 1 aliphatic rings. The van der Waals surface area contributed by atoms with Crippen LogP contribution in [0.2, 0.25) is 0 Å². The molecule has 112 valence electrons. The fourth-order valence-electron chi connectivity index (χ4n) is 2.37. The van der Waals surface area contributed by atoms with E-state index in [2.05, 4.69) is 17.4 Å². The van der Waals surface area contributed by atoms with Crippen LogP contribution in [0.3, 0.4) is 0 Å². The van der Waals surface area contributed by atoms with Crippen molar-refractivity contribution in [3.05, 3.63) is 34.8 Å². The molecule has 1 aromatic heterocycles. The number of thiazole rings is 1. The summed E-state index contributed by atoms with van der Waals surface area (Å²) in [5.74, 6) is 1.53. The second-order valence-electron chi connectivity index (χ2n) is 5.05. The van der Waals surface area contributed by atoms with Crippen LogP contribution < -0.4 is 10.1 Å². The number of nitrogens with one attached hydrogen (secondary N) is 1. The van der Waals surface area contributed by atoms with E-state index < -0.39 is 0 Å². The molecule has 1 aliphatic heterocycles. The van der Waals surface area contributed by atoms with Gasteiger partial charge in [-0.1, -0.05) is 0 Å². The molecule has 0 aliphatic carbocycles. The maximum absolute atomic E-state index is 5.64. The van der Waals surface area contributed by atoms with Crippen molar-refractivity contribution >= 4 is 22.9 Å². The Morgan fingerprint density at radius 1 is 1.19 bits per heavy atom. The molecule has 0 spiro atoms. The Hall–Kier alpha value is -1.10. The fraction of sp³-hybridized carbons (Fsp3) is 0.438. The minimum absolute atomic E-state index is 0.637. The number of nitrogens with zero attached hydrogens (tertiary/aromatic N) is 1. The standard InChI is InChI=1S/C16H19ClN2OS/c17-8-1-11-20-13-4-2-12(3-5-13)16-19-14-6-9-18-10-7-15(14)21-16/h2-5,18H,1,6-11H2. The molecule has 21 heavy (non-hydrogen) atoms. The Labute approximate surface area is 134 Å². The molecule has 0 saturated carbocycles. The molecule has 3 rings (SSSR count). The number of halogens is 1. The molecule has 0 radical (unpaired) electrons. The zero-order valence-corrected chi connectivity index (χ0v) is 13.5. The largest absolute Gasteiger partial charge is 0.494 e. The number of hydrogen-bond donors (Lipinski definition) is 1. The Bertz CT molecular complexity index is 559. The molecular weight excluding hydrogens is 304 g/mol. The molecule has 3 nitrogen and oxygen atoms in total. The smallest absolute Gasteiger partial charge is 0.123 e. The monoisotopic (exact) mass is 322 g/mol. The van der Waals surface area contributed by atoms with Crippen LogP contribution in [-0.2, 0) is 12.8 Å². The van der Waals surface area contributed by atoms with Crippen LogP contribution in [0.5, 0.6) is 5.75 Å². The van der Waals surface area contributed by atoms with Gasteiger partial charge in [-0.25, -0.2) is 4.98 Å². The van der Waals surface area contributed by atoms with Crippen LogP contribution in [0.4, 0.5) is 0 Å². The van der Waals surface area contributed by atoms with E-state index in [-0.39, 0.29) is 0 Å². The summed E-state index contributed by atoms with van der Waals surface area (Å²) in [6.07, 6.45) is 2.99. The Balaban J connectivity index is 1.72. The first kappa shape index (κ1) is 14.8. The van der Waals surface area contributed by atoms with Gasteiger partial charge in [-0.2, -0.15) is 0 Å². The van der Waals surface area contributed by atoms with Gasteiger partial charge in [0, 0.05) is 35.8 Å². The Morgan fingerprint density at radius 3 is 2.81 bits per heavy atom. The van der Waals surface area contributed by atoms with Crippen molar-refractivity contribution in [2.45, 2.75) is 19.3 Å². The molecule has 2 heterocycles. The van der Waals surface area contributed by atoms with Crippen LogP contribution in [-0.4, -0.2) is 30.6 Å². The predicted octanol–water partition coefficient (Wildman–Crippen LogP) is 3.51. The Kier molecular flexibility index (Phi) is 5.12. The van der Waals surface area contributed by atoms with Crippen LogP contribution in [0, 0.1) is 0 Å². The van der Waals surface area contributed by atoms with Crippen LogP contribution in [0.15, 0.2) is 24.3 Å². The van der Waals surface area contributed by atoms with E-state index in [4.69, 9.17) is 21.3 Å². The number of alkyl halides is 1. The lowest BCUT2D eigenvalue weighted by Crippen LogP contribution is -2.16. The summed E-state index contributed by atoms with van der Waals surface area (Å²) in [6, 6.07) is 8.20. The van der Waals surface area contributed by atoms with Gasteiger partial charge in [-0.15, -0.1) is 22.9 Å². The van der Waals surface area contributed by atoms with Crippen molar-refractivity contribution in [3.8, 4) is 16.3 Å². The minimum atomic E-state index is 0.637. The normalized spacial score (nSPS) is 14.5.